The summed E-state index contributed by atoms with van der Waals surface area (Å²) >= 11 is 0. The lowest BCUT2D eigenvalue weighted by atomic mass is 9.83. The van der Waals surface area contributed by atoms with Gasteiger partial charge in [0.15, 0.2) is 0 Å². The van der Waals surface area contributed by atoms with Gasteiger partial charge in [0.2, 0.25) is 0 Å². The number of hydrogen-bond donors (Lipinski definition) is 1. The Balaban J connectivity index is 4.08. The van der Waals surface area contributed by atoms with E-state index in [1.54, 1.807) is 6.08 Å². The molecule has 13 heavy (non-hydrogen) atoms. The van der Waals surface area contributed by atoms with Gasteiger partial charge in [-0.15, -0.1) is 18.9 Å². The highest BCUT2D eigenvalue weighted by molar-refractivity contribution is 4.91. The normalized spacial score (nSPS) is 15.0. The van der Waals surface area contributed by atoms with Gasteiger partial charge in [-0.05, 0) is 25.2 Å². The third-order valence-corrected chi connectivity index (χ3v) is 2.50. The molecule has 1 N–H and O–H groups in total. The van der Waals surface area contributed by atoms with Crippen molar-refractivity contribution in [1.29, 1.82) is 0 Å². The summed E-state index contributed by atoms with van der Waals surface area (Å²) in [5.41, 5.74) is -0.612. The molecular weight excluding hydrogens is 160 g/mol. The molecule has 0 rings (SSSR count). The van der Waals surface area contributed by atoms with E-state index in [1.807, 2.05) is 13.8 Å². The lowest BCUT2D eigenvalue weighted by molar-refractivity contribution is -0.0115. The smallest absolute Gasteiger partial charge is 0.0705 e. The Labute approximate surface area is 81.9 Å². The molecule has 0 aliphatic rings. The number of aliphatic hydroxyl groups is 1. The molecule has 0 aromatic heterocycles. The summed E-state index contributed by atoms with van der Waals surface area (Å²) < 4.78 is 0. The second kappa shape index (κ2) is 5.83. The zero-order valence-electron chi connectivity index (χ0n) is 8.71. The second-order valence-corrected chi connectivity index (χ2v) is 3.81. The minimum atomic E-state index is -0.612. The molecule has 0 bridgehead atoms. The van der Waals surface area contributed by atoms with Crippen molar-refractivity contribution in [3.05, 3.63) is 12.7 Å². The Morgan fingerprint density at radius 2 is 2.23 bits per heavy atom. The van der Waals surface area contributed by atoms with Gasteiger partial charge in [0.25, 0.3) is 0 Å². The molecule has 0 saturated heterocycles. The van der Waals surface area contributed by atoms with Gasteiger partial charge >= 0.3 is 0 Å². The molecule has 0 amide bonds. The SMILES string of the molecule is C#CCCCC(O)(CC=C)C(C)C. The van der Waals surface area contributed by atoms with Crippen molar-refractivity contribution in [1.82, 2.24) is 0 Å². The Morgan fingerprint density at radius 3 is 2.62 bits per heavy atom. The first-order valence-electron chi connectivity index (χ1n) is 4.83. The maximum absolute atomic E-state index is 10.2. The van der Waals surface area contributed by atoms with Crippen LogP contribution >= 0.6 is 0 Å². The van der Waals surface area contributed by atoms with Gasteiger partial charge in [0.05, 0.1) is 5.60 Å². The molecule has 0 aliphatic heterocycles. The molecule has 0 heterocycles. The van der Waals surface area contributed by atoms with Gasteiger partial charge in [-0.25, -0.2) is 0 Å². The highest BCUT2D eigenvalue weighted by atomic mass is 16.3. The molecule has 0 radical (unpaired) electrons. The molecule has 0 fully saturated rings. The summed E-state index contributed by atoms with van der Waals surface area (Å²) in [5, 5.41) is 10.2. The van der Waals surface area contributed by atoms with Crippen LogP contribution in [-0.4, -0.2) is 10.7 Å². The largest absolute Gasteiger partial charge is 0.389 e. The van der Waals surface area contributed by atoms with E-state index >= 15 is 0 Å². The van der Waals surface area contributed by atoms with E-state index in [4.69, 9.17) is 6.42 Å². The van der Waals surface area contributed by atoms with E-state index in [2.05, 4.69) is 12.5 Å². The summed E-state index contributed by atoms with van der Waals surface area (Å²) in [6, 6.07) is 0. The summed E-state index contributed by atoms with van der Waals surface area (Å²) in [7, 11) is 0. The predicted molar refractivity (Wildman–Crippen MR) is 57.3 cm³/mol. The van der Waals surface area contributed by atoms with Crippen molar-refractivity contribution in [3.8, 4) is 12.3 Å². The van der Waals surface area contributed by atoms with Crippen molar-refractivity contribution >= 4 is 0 Å². The minimum absolute atomic E-state index is 0.253. The van der Waals surface area contributed by atoms with Crippen LogP contribution in [-0.2, 0) is 0 Å². The van der Waals surface area contributed by atoms with Crippen molar-refractivity contribution in [2.45, 2.75) is 45.1 Å². The first-order valence-corrected chi connectivity index (χ1v) is 4.83. The zero-order chi connectivity index (χ0) is 10.3. The molecule has 0 aliphatic carbocycles. The molecule has 74 valence electrons. The lowest BCUT2D eigenvalue weighted by Crippen LogP contribution is -2.34. The van der Waals surface area contributed by atoms with Crippen LogP contribution in [0.4, 0.5) is 0 Å². The molecule has 1 nitrogen and oxygen atoms in total. The Bertz CT molecular complexity index is 188. The highest BCUT2D eigenvalue weighted by Gasteiger charge is 2.28. The number of hydrogen-bond acceptors (Lipinski definition) is 1. The first kappa shape index (κ1) is 12.3. The van der Waals surface area contributed by atoms with E-state index in [-0.39, 0.29) is 5.92 Å². The summed E-state index contributed by atoms with van der Waals surface area (Å²) in [5.74, 6) is 2.84. The highest BCUT2D eigenvalue weighted by Crippen LogP contribution is 2.27. The molecule has 0 aromatic rings. The Kier molecular flexibility index (Phi) is 5.50. The monoisotopic (exact) mass is 180 g/mol. The maximum Gasteiger partial charge on any atom is 0.0705 e. The van der Waals surface area contributed by atoms with Gasteiger partial charge in [0.1, 0.15) is 0 Å². The quantitative estimate of drug-likeness (QED) is 0.378. The van der Waals surface area contributed by atoms with Crippen LogP contribution in [0, 0.1) is 18.3 Å². The van der Waals surface area contributed by atoms with Crippen molar-refractivity contribution in [2.75, 3.05) is 0 Å². The van der Waals surface area contributed by atoms with E-state index in [9.17, 15) is 5.11 Å². The fourth-order valence-electron chi connectivity index (χ4n) is 1.37. The molecule has 0 aromatic carbocycles. The van der Waals surface area contributed by atoms with Gasteiger partial charge in [-0.1, -0.05) is 19.9 Å². The number of terminal acetylenes is 1. The molecular formula is C12H20O. The predicted octanol–water partition coefficient (Wildman–Crippen LogP) is 2.75. The van der Waals surface area contributed by atoms with E-state index < -0.39 is 5.60 Å². The van der Waals surface area contributed by atoms with Crippen LogP contribution in [0.5, 0.6) is 0 Å². The topological polar surface area (TPSA) is 20.2 Å². The fourth-order valence-corrected chi connectivity index (χ4v) is 1.37. The van der Waals surface area contributed by atoms with E-state index in [1.165, 1.54) is 0 Å². The van der Waals surface area contributed by atoms with Crippen molar-refractivity contribution in [3.63, 3.8) is 0 Å². The van der Waals surface area contributed by atoms with E-state index in [0.717, 1.165) is 19.3 Å². The van der Waals surface area contributed by atoms with Crippen LogP contribution < -0.4 is 0 Å². The minimum Gasteiger partial charge on any atom is -0.389 e. The van der Waals surface area contributed by atoms with Gasteiger partial charge < -0.3 is 5.11 Å². The Morgan fingerprint density at radius 1 is 1.62 bits per heavy atom. The molecule has 0 spiro atoms. The standard InChI is InChI=1S/C12H20O/c1-5-7-8-10-12(13,9-6-2)11(3)4/h1,6,11,13H,2,7-10H2,3-4H3. The third kappa shape index (κ3) is 4.15. The first-order chi connectivity index (χ1) is 6.06. The molecule has 0 saturated carbocycles. The average molecular weight is 180 g/mol. The maximum atomic E-state index is 10.2. The summed E-state index contributed by atoms with van der Waals surface area (Å²) in [6.07, 6.45) is 9.97. The summed E-state index contributed by atoms with van der Waals surface area (Å²) in [6.45, 7) is 7.71. The van der Waals surface area contributed by atoms with Gasteiger partial charge in [-0.3, -0.25) is 0 Å². The van der Waals surface area contributed by atoms with Crippen LogP contribution in [0.2, 0.25) is 0 Å². The van der Waals surface area contributed by atoms with Crippen LogP contribution in [0.3, 0.4) is 0 Å². The second-order valence-electron chi connectivity index (χ2n) is 3.81. The van der Waals surface area contributed by atoms with Crippen LogP contribution in [0.25, 0.3) is 0 Å². The number of rotatable bonds is 6. The number of unbranched alkanes of at least 4 members (excludes halogenated alkanes) is 1. The van der Waals surface area contributed by atoms with Crippen LogP contribution in [0.15, 0.2) is 12.7 Å². The van der Waals surface area contributed by atoms with Gasteiger partial charge in [0, 0.05) is 6.42 Å². The zero-order valence-corrected chi connectivity index (χ0v) is 8.71. The Hall–Kier alpha value is -0.740. The third-order valence-electron chi connectivity index (χ3n) is 2.50. The fraction of sp³-hybridized carbons (Fsp3) is 0.667. The molecule has 1 heteroatoms. The van der Waals surface area contributed by atoms with Crippen molar-refractivity contribution in [2.24, 2.45) is 5.92 Å². The van der Waals surface area contributed by atoms with Crippen LogP contribution in [0.1, 0.15) is 39.5 Å². The lowest BCUT2D eigenvalue weighted by Gasteiger charge is -2.31. The molecule has 1 unspecified atom stereocenters. The average Bonchev–Trinajstić information content (AvgIpc) is 2.05. The molecule has 1 atom stereocenters. The van der Waals surface area contributed by atoms with Crippen molar-refractivity contribution < 1.29 is 5.11 Å². The van der Waals surface area contributed by atoms with Gasteiger partial charge in [-0.2, -0.15) is 0 Å². The summed E-state index contributed by atoms with van der Waals surface area (Å²) in [4.78, 5) is 0. The van der Waals surface area contributed by atoms with E-state index in [0.29, 0.717) is 6.42 Å².